The van der Waals surface area contributed by atoms with Crippen molar-refractivity contribution >= 4 is 5.91 Å². The summed E-state index contributed by atoms with van der Waals surface area (Å²) in [6.45, 7) is 6.30. The number of β-amino-alcohol motifs (C(OH)–C–C–N with tert-alkyl or cyclic N) is 1. The summed E-state index contributed by atoms with van der Waals surface area (Å²) < 4.78 is 0. The molecule has 114 valence electrons. The van der Waals surface area contributed by atoms with Crippen molar-refractivity contribution < 1.29 is 9.90 Å². The SMILES string of the molecule is C=CC(=O)N(C)C[C@@H](O)CN1CCc2ccccc2CC1. The summed E-state index contributed by atoms with van der Waals surface area (Å²) in [5.41, 5.74) is 2.82. The van der Waals surface area contributed by atoms with E-state index in [-0.39, 0.29) is 5.91 Å². The van der Waals surface area contributed by atoms with Gasteiger partial charge < -0.3 is 14.9 Å². The van der Waals surface area contributed by atoms with Crippen molar-refractivity contribution in [3.8, 4) is 0 Å². The highest BCUT2D eigenvalue weighted by Gasteiger charge is 2.18. The van der Waals surface area contributed by atoms with E-state index in [4.69, 9.17) is 0 Å². The number of fused-ring (bicyclic) bond motifs is 1. The number of hydrogen-bond acceptors (Lipinski definition) is 3. The average Bonchev–Trinajstić information content (AvgIpc) is 2.69. The molecule has 4 nitrogen and oxygen atoms in total. The van der Waals surface area contributed by atoms with Crippen molar-refractivity contribution in [3.63, 3.8) is 0 Å². The van der Waals surface area contributed by atoms with Gasteiger partial charge >= 0.3 is 0 Å². The normalized spacial score (nSPS) is 16.7. The molecule has 0 radical (unpaired) electrons. The summed E-state index contributed by atoms with van der Waals surface area (Å²) in [4.78, 5) is 15.2. The molecule has 0 unspecified atom stereocenters. The number of carbonyl (C=O) groups is 1. The smallest absolute Gasteiger partial charge is 0.245 e. The van der Waals surface area contributed by atoms with Crippen LogP contribution in [0.15, 0.2) is 36.9 Å². The third-order valence-corrected chi connectivity index (χ3v) is 4.02. The Morgan fingerprint density at radius 3 is 2.48 bits per heavy atom. The molecular weight excluding hydrogens is 264 g/mol. The first-order valence-electron chi connectivity index (χ1n) is 7.45. The Labute approximate surface area is 126 Å². The van der Waals surface area contributed by atoms with E-state index in [0.717, 1.165) is 25.9 Å². The van der Waals surface area contributed by atoms with E-state index < -0.39 is 6.10 Å². The van der Waals surface area contributed by atoms with Crippen LogP contribution in [-0.4, -0.2) is 60.1 Å². The van der Waals surface area contributed by atoms with Gasteiger partial charge in [-0.2, -0.15) is 0 Å². The van der Waals surface area contributed by atoms with Gasteiger partial charge in [-0.15, -0.1) is 0 Å². The fourth-order valence-corrected chi connectivity index (χ4v) is 2.81. The molecule has 0 bridgehead atoms. The van der Waals surface area contributed by atoms with Crippen molar-refractivity contribution in [3.05, 3.63) is 48.0 Å². The van der Waals surface area contributed by atoms with Crippen molar-refractivity contribution in [1.29, 1.82) is 0 Å². The maximum Gasteiger partial charge on any atom is 0.245 e. The van der Waals surface area contributed by atoms with Gasteiger partial charge in [0.05, 0.1) is 6.10 Å². The maximum atomic E-state index is 11.4. The summed E-state index contributed by atoms with van der Waals surface area (Å²) in [5, 5.41) is 10.2. The topological polar surface area (TPSA) is 43.8 Å². The molecule has 1 heterocycles. The molecule has 0 spiro atoms. The van der Waals surface area contributed by atoms with Crippen molar-refractivity contribution in [1.82, 2.24) is 9.80 Å². The van der Waals surface area contributed by atoms with Crippen LogP contribution in [0.3, 0.4) is 0 Å². The third-order valence-electron chi connectivity index (χ3n) is 4.02. The first kappa shape index (κ1) is 15.7. The van der Waals surface area contributed by atoms with Gasteiger partial charge in [0.15, 0.2) is 0 Å². The van der Waals surface area contributed by atoms with Gasteiger partial charge in [0.25, 0.3) is 0 Å². The average molecular weight is 288 g/mol. The number of carbonyl (C=O) groups excluding carboxylic acids is 1. The van der Waals surface area contributed by atoms with E-state index in [0.29, 0.717) is 13.1 Å². The summed E-state index contributed by atoms with van der Waals surface area (Å²) in [6.07, 6.45) is 2.78. The minimum atomic E-state index is -0.528. The van der Waals surface area contributed by atoms with Gasteiger partial charge in [0.2, 0.25) is 5.91 Å². The van der Waals surface area contributed by atoms with Gasteiger partial charge in [0, 0.05) is 33.2 Å². The first-order chi connectivity index (χ1) is 10.1. The van der Waals surface area contributed by atoms with Crippen LogP contribution in [0.2, 0.25) is 0 Å². The molecule has 0 saturated heterocycles. The van der Waals surface area contributed by atoms with Crippen molar-refractivity contribution in [2.24, 2.45) is 0 Å². The molecule has 0 aromatic heterocycles. The second-order valence-electron chi connectivity index (χ2n) is 5.65. The second-order valence-corrected chi connectivity index (χ2v) is 5.65. The number of rotatable bonds is 5. The Hall–Kier alpha value is -1.65. The van der Waals surface area contributed by atoms with E-state index in [1.54, 1.807) is 7.05 Å². The molecule has 21 heavy (non-hydrogen) atoms. The van der Waals surface area contributed by atoms with Crippen LogP contribution in [0.5, 0.6) is 0 Å². The highest BCUT2D eigenvalue weighted by Crippen LogP contribution is 2.15. The molecule has 1 aliphatic rings. The Morgan fingerprint density at radius 1 is 1.38 bits per heavy atom. The lowest BCUT2D eigenvalue weighted by Crippen LogP contribution is -2.41. The van der Waals surface area contributed by atoms with Crippen molar-refractivity contribution in [2.45, 2.75) is 18.9 Å². The molecular formula is C17H24N2O2. The highest BCUT2D eigenvalue weighted by molar-refractivity contribution is 5.86. The number of hydrogen-bond donors (Lipinski definition) is 1. The fourth-order valence-electron chi connectivity index (χ4n) is 2.81. The zero-order valence-corrected chi connectivity index (χ0v) is 12.7. The quantitative estimate of drug-likeness (QED) is 0.825. The molecule has 4 heteroatoms. The largest absolute Gasteiger partial charge is 0.390 e. The number of aliphatic hydroxyl groups excluding tert-OH is 1. The van der Waals surface area contributed by atoms with Crippen molar-refractivity contribution in [2.75, 3.05) is 33.2 Å². The second kappa shape index (κ2) is 7.38. The summed E-state index contributed by atoms with van der Waals surface area (Å²) >= 11 is 0. The Balaban J connectivity index is 1.84. The van der Waals surface area contributed by atoms with Crippen LogP contribution in [-0.2, 0) is 17.6 Å². The molecule has 0 fully saturated rings. The van der Waals surface area contributed by atoms with Crippen LogP contribution in [0.25, 0.3) is 0 Å². The molecule has 2 rings (SSSR count). The van der Waals surface area contributed by atoms with Gasteiger partial charge in [-0.1, -0.05) is 30.8 Å². The van der Waals surface area contributed by atoms with Crippen LogP contribution < -0.4 is 0 Å². The molecule has 0 saturated carbocycles. The highest BCUT2D eigenvalue weighted by atomic mass is 16.3. The lowest BCUT2D eigenvalue weighted by Gasteiger charge is -2.26. The molecule has 1 aromatic carbocycles. The lowest BCUT2D eigenvalue weighted by molar-refractivity contribution is -0.126. The van der Waals surface area contributed by atoms with Gasteiger partial charge in [-0.05, 0) is 30.0 Å². The zero-order chi connectivity index (χ0) is 15.2. The van der Waals surface area contributed by atoms with E-state index >= 15 is 0 Å². The summed E-state index contributed by atoms with van der Waals surface area (Å²) in [5.74, 6) is -0.155. The molecule has 0 aliphatic carbocycles. The van der Waals surface area contributed by atoms with E-state index in [9.17, 15) is 9.90 Å². The monoisotopic (exact) mass is 288 g/mol. The van der Waals surface area contributed by atoms with E-state index in [2.05, 4.69) is 35.7 Å². The summed E-state index contributed by atoms with van der Waals surface area (Å²) in [7, 11) is 1.69. The number of aliphatic hydroxyl groups is 1. The minimum Gasteiger partial charge on any atom is -0.390 e. The Kier molecular flexibility index (Phi) is 5.53. The fraction of sp³-hybridized carbons (Fsp3) is 0.471. The Bertz CT molecular complexity index is 474. The number of nitrogens with zero attached hydrogens (tertiary/aromatic N) is 2. The van der Waals surface area contributed by atoms with E-state index in [1.807, 2.05) is 0 Å². The van der Waals surface area contributed by atoms with Gasteiger partial charge in [0.1, 0.15) is 0 Å². The number of benzene rings is 1. The van der Waals surface area contributed by atoms with Crippen LogP contribution in [0, 0.1) is 0 Å². The summed E-state index contributed by atoms with van der Waals surface area (Å²) in [6, 6.07) is 8.54. The molecule has 1 aliphatic heterocycles. The van der Waals surface area contributed by atoms with Gasteiger partial charge in [-0.25, -0.2) is 0 Å². The van der Waals surface area contributed by atoms with Gasteiger partial charge in [-0.3, -0.25) is 4.79 Å². The van der Waals surface area contributed by atoms with E-state index in [1.165, 1.54) is 22.1 Å². The predicted molar refractivity (Wildman–Crippen MR) is 84.1 cm³/mol. The first-order valence-corrected chi connectivity index (χ1v) is 7.45. The number of amides is 1. The molecule has 1 amide bonds. The Morgan fingerprint density at radius 2 is 1.95 bits per heavy atom. The maximum absolute atomic E-state index is 11.4. The third kappa shape index (κ3) is 4.41. The number of likely N-dealkylation sites (N-methyl/N-ethyl adjacent to an activating group) is 1. The molecule has 1 atom stereocenters. The van der Waals surface area contributed by atoms with Crippen LogP contribution in [0.4, 0.5) is 0 Å². The molecule has 1 aromatic rings. The minimum absolute atomic E-state index is 0.155. The predicted octanol–water partition coefficient (Wildman–Crippen LogP) is 1.09. The standard InChI is InChI=1S/C17H24N2O2/c1-3-17(21)18(2)12-16(20)13-19-10-8-14-6-4-5-7-15(14)9-11-19/h3-7,16,20H,1,8-13H2,2H3/t16-/m1/s1. The lowest BCUT2D eigenvalue weighted by atomic mass is 10.0. The van der Waals surface area contributed by atoms with Crippen LogP contribution in [0.1, 0.15) is 11.1 Å². The van der Waals surface area contributed by atoms with Crippen LogP contribution >= 0.6 is 0 Å². The zero-order valence-electron chi connectivity index (χ0n) is 12.7. The molecule has 1 N–H and O–H groups in total.